The molecule has 1 saturated carbocycles. The summed E-state index contributed by atoms with van der Waals surface area (Å²) >= 11 is 0. The van der Waals surface area contributed by atoms with Crippen LogP contribution in [0.15, 0.2) is 145 Å². The van der Waals surface area contributed by atoms with Gasteiger partial charge >= 0.3 is 0 Å². The van der Waals surface area contributed by atoms with E-state index in [4.69, 9.17) is 33.7 Å². The van der Waals surface area contributed by atoms with Gasteiger partial charge in [-0.05, 0) is 127 Å². The number of unbranched alkanes of at least 4 members (excludes halogenated alkanes) is 2. The van der Waals surface area contributed by atoms with Crippen molar-refractivity contribution in [2.24, 2.45) is 22.9 Å². The van der Waals surface area contributed by atoms with E-state index < -0.39 is 44.3 Å². The fourth-order valence-electron chi connectivity index (χ4n) is 11.0. The molecule has 0 radical (unpaired) electrons. The molecule has 2 N–H and O–H groups in total. The number of rotatable bonds is 24. The van der Waals surface area contributed by atoms with Gasteiger partial charge in [0.2, 0.25) is 18.5 Å². The molecule has 20 nitrogen and oxygen atoms in total. The Labute approximate surface area is 442 Å². The van der Waals surface area contributed by atoms with Crippen molar-refractivity contribution in [1.29, 1.82) is 0 Å². The fraction of sp³-hybridized carbons (Fsp3) is 0.333. The summed E-state index contributed by atoms with van der Waals surface area (Å²) in [6, 6.07) is 27.4. The van der Waals surface area contributed by atoms with E-state index in [9.17, 15) is 40.6 Å². The Balaban J connectivity index is 1.24. The molecule has 6 unspecified atom stereocenters. The second-order valence-corrected chi connectivity index (χ2v) is 19.2. The maximum Gasteiger partial charge on any atom is 0.273 e. The minimum Gasteiger partial charge on any atom is -0.459 e. The normalized spacial score (nSPS) is 21.3. The van der Waals surface area contributed by atoms with Crippen molar-refractivity contribution in [2.45, 2.75) is 75.8 Å². The molecule has 6 atom stereocenters. The third kappa shape index (κ3) is 11.8. The number of fused-ring (bicyclic) bond motifs is 3. The number of nitro groups is 3. The Hall–Kier alpha value is -8.46. The van der Waals surface area contributed by atoms with Gasteiger partial charge in [-0.2, -0.15) is 0 Å². The number of nitrogens with zero attached hydrogens (tertiary/aromatic N) is 5. The highest BCUT2D eigenvalue weighted by Gasteiger charge is 2.65. The molecule has 2 heterocycles. The van der Waals surface area contributed by atoms with Crippen molar-refractivity contribution < 1.29 is 58.3 Å². The number of nitro benzene ring substituents is 3. The lowest BCUT2D eigenvalue weighted by molar-refractivity contribution is -0.385. The van der Waals surface area contributed by atoms with Crippen LogP contribution in [0.2, 0.25) is 0 Å². The highest BCUT2D eigenvalue weighted by molar-refractivity contribution is 6.03. The Morgan fingerprint density at radius 2 is 1.45 bits per heavy atom. The monoisotopic (exact) mass is 1050 g/mol. The van der Waals surface area contributed by atoms with Crippen LogP contribution >= 0.6 is 0 Å². The van der Waals surface area contributed by atoms with E-state index in [1.165, 1.54) is 48.5 Å². The first kappa shape index (κ1) is 53.4. The molecular weight excluding hydrogens is 995 g/mol. The van der Waals surface area contributed by atoms with Crippen LogP contribution in [0.5, 0.6) is 28.7 Å². The van der Waals surface area contributed by atoms with Gasteiger partial charge < -0.3 is 43.6 Å². The van der Waals surface area contributed by atoms with Crippen LogP contribution in [0.4, 0.5) is 17.1 Å². The summed E-state index contributed by atoms with van der Waals surface area (Å²) in [4.78, 5) is 56.6. The SMILES string of the molecule is C=CCOC12Oc3ccc(Oc4cccc([N+](=O)[O-])c4)cc3C3C(CCCCO)C(CCCCO)C=C(C(=NOCc4ccc([N+](=O)[O-])cc4)CC1N(Cc1ccc4c(c1)OCO4)C(=O)C=Cc1ccc([N+](=O)[O-])cc1)C32. The van der Waals surface area contributed by atoms with Crippen molar-refractivity contribution in [2.75, 3.05) is 26.6 Å². The molecule has 0 spiro atoms. The summed E-state index contributed by atoms with van der Waals surface area (Å²) in [5, 5.41) is 59.9. The maximum atomic E-state index is 15.4. The second-order valence-electron chi connectivity index (χ2n) is 19.2. The first-order valence-corrected chi connectivity index (χ1v) is 25.4. The van der Waals surface area contributed by atoms with E-state index in [-0.39, 0.29) is 80.8 Å². The van der Waals surface area contributed by atoms with Crippen molar-refractivity contribution >= 4 is 34.8 Å². The number of amides is 1. The first-order valence-electron chi connectivity index (χ1n) is 25.4. The second kappa shape index (κ2) is 24.0. The zero-order chi connectivity index (χ0) is 54.1. The van der Waals surface area contributed by atoms with E-state index in [2.05, 4.69) is 12.7 Å². The van der Waals surface area contributed by atoms with E-state index in [0.717, 1.165) is 11.1 Å². The average Bonchev–Trinajstić information content (AvgIpc) is 3.92. The number of aliphatic hydroxyl groups is 2. The molecule has 1 fully saturated rings. The fourth-order valence-corrected chi connectivity index (χ4v) is 11.0. The highest BCUT2D eigenvalue weighted by atomic mass is 16.7. The van der Waals surface area contributed by atoms with Crippen LogP contribution in [0, 0.1) is 48.1 Å². The summed E-state index contributed by atoms with van der Waals surface area (Å²) in [7, 11) is 0. The number of carbonyl (C=O) groups is 1. The topological polar surface area (TPSA) is 258 Å². The van der Waals surface area contributed by atoms with Crippen molar-refractivity contribution in [3.63, 3.8) is 0 Å². The molecular formula is C57H57N5O15. The van der Waals surface area contributed by atoms with E-state index in [0.29, 0.717) is 83.9 Å². The molecule has 0 aromatic heterocycles. The lowest BCUT2D eigenvalue weighted by Gasteiger charge is -2.60. The molecule has 2 aliphatic carbocycles. The van der Waals surface area contributed by atoms with Gasteiger partial charge in [0.1, 0.15) is 29.9 Å². The van der Waals surface area contributed by atoms with Crippen LogP contribution in [-0.4, -0.2) is 79.9 Å². The van der Waals surface area contributed by atoms with Crippen LogP contribution in [0.25, 0.3) is 6.08 Å². The van der Waals surface area contributed by atoms with Gasteiger partial charge in [-0.1, -0.05) is 42.3 Å². The lowest BCUT2D eigenvalue weighted by atomic mass is 9.55. The third-order valence-corrected chi connectivity index (χ3v) is 14.4. The van der Waals surface area contributed by atoms with Crippen molar-refractivity contribution in [1.82, 2.24) is 4.90 Å². The Kier molecular flexibility index (Phi) is 16.7. The molecule has 0 saturated heterocycles. The number of allylic oxidation sites excluding steroid dienone is 1. The van der Waals surface area contributed by atoms with Gasteiger partial charge in [0.15, 0.2) is 11.5 Å². The smallest absolute Gasteiger partial charge is 0.273 e. The number of oxime groups is 1. The number of ether oxygens (including phenoxy) is 5. The molecule has 2 aliphatic heterocycles. The number of benzene rings is 5. The van der Waals surface area contributed by atoms with Crippen molar-refractivity contribution in [3.8, 4) is 28.7 Å². The van der Waals surface area contributed by atoms with E-state index >= 15 is 4.79 Å². The van der Waals surface area contributed by atoms with Gasteiger partial charge in [-0.3, -0.25) is 35.1 Å². The molecule has 5 aromatic carbocycles. The summed E-state index contributed by atoms with van der Waals surface area (Å²) in [5.41, 5.74) is 3.40. The highest BCUT2D eigenvalue weighted by Crippen LogP contribution is 2.62. The van der Waals surface area contributed by atoms with Crippen LogP contribution in [0.1, 0.15) is 73.1 Å². The lowest BCUT2D eigenvalue weighted by Crippen LogP contribution is -2.70. The Morgan fingerprint density at radius 1 is 0.779 bits per heavy atom. The quantitative estimate of drug-likeness (QED) is 0.0191. The summed E-state index contributed by atoms with van der Waals surface area (Å²) in [6.45, 7) is 3.90. The number of hydrogen-bond donors (Lipinski definition) is 2. The molecule has 20 heteroatoms. The molecule has 77 heavy (non-hydrogen) atoms. The Bertz CT molecular complexity index is 3090. The summed E-state index contributed by atoms with van der Waals surface area (Å²) in [6.07, 6.45) is 10.5. The number of hydrogen-bond acceptors (Lipinski definition) is 16. The van der Waals surface area contributed by atoms with E-state index in [1.54, 1.807) is 71.6 Å². The summed E-state index contributed by atoms with van der Waals surface area (Å²) < 4.78 is 32.4. The number of carbonyl (C=O) groups excluding carboxylic acids is 1. The Morgan fingerprint density at radius 3 is 2.17 bits per heavy atom. The standard InChI is InChI=1S/C57H57N5O15/c1-2-28-74-57-53(59(34-39-16-23-51-52(29-39)73-36-72-51)54(65)25-17-37-12-18-41(19-13-37)60(66)67)33-49(58-75-35-38-14-20-42(21-15-38)61(68)69)47-30-40(8-3-5-26-63)46(11-4-6-27-64)55(56(47)57)48-32-45(22-24-50(48)77-57)76-44-10-7-9-43(31-44)62(70)71/h2,7,9-10,12-25,29-32,40,46,53,55-56,63-64H,1,3-6,8,11,26-28,33-36H2. The van der Waals surface area contributed by atoms with Gasteiger partial charge in [0.25, 0.3) is 17.1 Å². The van der Waals surface area contributed by atoms with Crippen molar-refractivity contribution in [3.05, 3.63) is 192 Å². The zero-order valence-corrected chi connectivity index (χ0v) is 41.9. The molecule has 9 rings (SSSR count). The van der Waals surface area contributed by atoms with Crippen LogP contribution < -0.4 is 18.9 Å². The predicted octanol–water partition coefficient (Wildman–Crippen LogP) is 10.5. The minimum atomic E-state index is -1.70. The van der Waals surface area contributed by atoms with Gasteiger partial charge in [-0.15, -0.1) is 6.58 Å². The van der Waals surface area contributed by atoms with Crippen LogP contribution in [0.3, 0.4) is 0 Å². The largest absolute Gasteiger partial charge is 0.459 e. The van der Waals surface area contributed by atoms with E-state index in [1.807, 2.05) is 12.1 Å². The molecule has 5 aromatic rings. The zero-order valence-electron chi connectivity index (χ0n) is 41.9. The summed E-state index contributed by atoms with van der Waals surface area (Å²) in [5.74, 6) is -1.63. The maximum absolute atomic E-state index is 15.4. The molecule has 4 aliphatic rings. The van der Waals surface area contributed by atoms with Crippen LogP contribution in [-0.2, 0) is 27.5 Å². The molecule has 1 amide bonds. The van der Waals surface area contributed by atoms with Gasteiger partial charge in [-0.25, -0.2) is 0 Å². The third-order valence-electron chi connectivity index (χ3n) is 14.4. The number of aliphatic hydroxyl groups excluding tert-OH is 2. The average molecular weight is 1050 g/mol. The minimum absolute atomic E-state index is 0.00517. The number of non-ortho nitro benzene ring substituents is 3. The van der Waals surface area contributed by atoms with Gasteiger partial charge in [0, 0.05) is 74.1 Å². The first-order chi connectivity index (χ1) is 37.4. The molecule has 400 valence electrons. The predicted molar refractivity (Wildman–Crippen MR) is 281 cm³/mol. The van der Waals surface area contributed by atoms with Gasteiger partial charge in [0.05, 0.1) is 39.1 Å². The molecule has 0 bridgehead atoms.